The number of aromatic nitrogens is 4. The van der Waals surface area contributed by atoms with Crippen LogP contribution < -0.4 is 10.6 Å². The molecule has 4 rings (SSSR count). The largest absolute Gasteiger partial charge is 0.416 e. The van der Waals surface area contributed by atoms with Crippen LogP contribution in [0.25, 0.3) is 10.2 Å². The van der Waals surface area contributed by atoms with Gasteiger partial charge in [0.1, 0.15) is 0 Å². The van der Waals surface area contributed by atoms with E-state index < -0.39 is 11.7 Å². The number of fused-ring (bicyclic) bond motifs is 1. The van der Waals surface area contributed by atoms with Crippen molar-refractivity contribution in [3.63, 3.8) is 0 Å². The molecule has 0 radical (unpaired) electrons. The van der Waals surface area contributed by atoms with E-state index in [-0.39, 0.29) is 0 Å². The summed E-state index contributed by atoms with van der Waals surface area (Å²) in [5.41, 5.74) is 1.71. The first-order valence-corrected chi connectivity index (χ1v) is 9.21. The minimum atomic E-state index is -4.34. The first-order chi connectivity index (χ1) is 13.4. The third-order valence-electron chi connectivity index (χ3n) is 3.99. The van der Waals surface area contributed by atoms with Crippen molar-refractivity contribution in [3.8, 4) is 0 Å². The summed E-state index contributed by atoms with van der Waals surface area (Å²) < 4.78 is 38.9. The Labute approximate surface area is 161 Å². The quantitative estimate of drug-likeness (QED) is 0.431. The summed E-state index contributed by atoms with van der Waals surface area (Å²) in [5.74, 6) is 1.63. The molecule has 0 aliphatic heterocycles. The average molecular weight is 404 g/mol. The fourth-order valence-electron chi connectivity index (χ4n) is 2.62. The van der Waals surface area contributed by atoms with Gasteiger partial charge in [0.2, 0.25) is 5.95 Å². The molecule has 0 atom stereocenters. The van der Waals surface area contributed by atoms with Gasteiger partial charge >= 0.3 is 6.18 Å². The Balaban J connectivity index is 1.54. The SMILES string of the molecule is Cc1cc(Nc2nc(NCc3ccc(C(F)(F)F)cc3)nc3ccsc23)n[nH]1. The number of halogens is 3. The lowest BCUT2D eigenvalue weighted by molar-refractivity contribution is -0.137. The Morgan fingerprint density at radius 2 is 1.89 bits per heavy atom. The van der Waals surface area contributed by atoms with E-state index in [1.807, 2.05) is 24.4 Å². The number of hydrogen-bond acceptors (Lipinski definition) is 6. The zero-order chi connectivity index (χ0) is 19.7. The first kappa shape index (κ1) is 18.2. The van der Waals surface area contributed by atoms with Crippen LogP contribution in [0, 0.1) is 6.92 Å². The number of nitrogens with zero attached hydrogens (tertiary/aromatic N) is 3. The molecule has 0 unspecified atom stereocenters. The molecule has 6 nitrogen and oxygen atoms in total. The highest BCUT2D eigenvalue weighted by atomic mass is 32.1. The molecule has 3 N–H and O–H groups in total. The number of rotatable bonds is 5. The monoisotopic (exact) mass is 404 g/mol. The zero-order valence-electron chi connectivity index (χ0n) is 14.6. The molecule has 0 bridgehead atoms. The number of thiophene rings is 1. The van der Waals surface area contributed by atoms with Crippen LogP contribution in [0.3, 0.4) is 0 Å². The number of aryl methyl sites for hydroxylation is 1. The Kier molecular flexibility index (Phi) is 4.63. The summed E-state index contributed by atoms with van der Waals surface area (Å²) in [6.45, 7) is 2.20. The molecule has 0 saturated carbocycles. The Morgan fingerprint density at radius 1 is 1.11 bits per heavy atom. The van der Waals surface area contributed by atoms with Gasteiger partial charge in [-0.2, -0.15) is 23.3 Å². The number of hydrogen-bond donors (Lipinski definition) is 3. The lowest BCUT2D eigenvalue weighted by atomic mass is 10.1. The van der Waals surface area contributed by atoms with Crippen molar-refractivity contribution in [2.75, 3.05) is 10.6 Å². The third-order valence-corrected chi connectivity index (χ3v) is 4.90. The Hall–Kier alpha value is -3.14. The van der Waals surface area contributed by atoms with Gasteiger partial charge in [0.15, 0.2) is 11.6 Å². The number of benzene rings is 1. The predicted octanol–water partition coefficient (Wildman–Crippen LogP) is 5.10. The number of alkyl halides is 3. The zero-order valence-corrected chi connectivity index (χ0v) is 15.4. The maximum absolute atomic E-state index is 12.7. The summed E-state index contributed by atoms with van der Waals surface area (Å²) in [4.78, 5) is 8.95. The molecule has 0 aliphatic carbocycles. The maximum Gasteiger partial charge on any atom is 0.416 e. The van der Waals surface area contributed by atoms with E-state index in [1.165, 1.54) is 23.5 Å². The summed E-state index contributed by atoms with van der Waals surface area (Å²) in [5, 5.41) is 15.2. The molecule has 144 valence electrons. The predicted molar refractivity (Wildman–Crippen MR) is 103 cm³/mol. The van der Waals surface area contributed by atoms with Crippen LogP contribution in [0.15, 0.2) is 41.8 Å². The van der Waals surface area contributed by atoms with Crippen molar-refractivity contribution in [1.29, 1.82) is 0 Å². The number of aromatic amines is 1. The number of nitrogens with one attached hydrogen (secondary N) is 3. The van der Waals surface area contributed by atoms with Crippen molar-refractivity contribution in [3.05, 3.63) is 58.6 Å². The second kappa shape index (κ2) is 7.12. The topological polar surface area (TPSA) is 78.5 Å². The first-order valence-electron chi connectivity index (χ1n) is 8.33. The molecular weight excluding hydrogens is 389 g/mol. The van der Waals surface area contributed by atoms with Crippen LogP contribution in [0.2, 0.25) is 0 Å². The van der Waals surface area contributed by atoms with Gasteiger partial charge in [-0.3, -0.25) is 5.10 Å². The van der Waals surface area contributed by atoms with E-state index in [4.69, 9.17) is 0 Å². The minimum Gasteiger partial charge on any atom is -0.350 e. The molecule has 28 heavy (non-hydrogen) atoms. The van der Waals surface area contributed by atoms with Gasteiger partial charge in [-0.15, -0.1) is 11.3 Å². The maximum atomic E-state index is 12.7. The third kappa shape index (κ3) is 3.91. The Morgan fingerprint density at radius 3 is 2.57 bits per heavy atom. The smallest absolute Gasteiger partial charge is 0.350 e. The number of H-pyrrole nitrogens is 1. The number of anilines is 3. The normalized spacial score (nSPS) is 11.7. The van der Waals surface area contributed by atoms with Gasteiger partial charge in [-0.1, -0.05) is 12.1 Å². The molecule has 3 heterocycles. The molecule has 4 aromatic rings. The highest BCUT2D eigenvalue weighted by Gasteiger charge is 2.29. The summed E-state index contributed by atoms with van der Waals surface area (Å²) >= 11 is 1.51. The summed E-state index contributed by atoms with van der Waals surface area (Å²) in [6.07, 6.45) is -4.34. The lowest BCUT2D eigenvalue weighted by Gasteiger charge is -2.10. The van der Waals surface area contributed by atoms with Gasteiger partial charge in [-0.05, 0) is 36.1 Å². The molecule has 0 aliphatic rings. The molecule has 3 aromatic heterocycles. The molecule has 0 saturated heterocycles. The van der Waals surface area contributed by atoms with Crippen molar-refractivity contribution in [2.24, 2.45) is 0 Å². The second-order valence-electron chi connectivity index (χ2n) is 6.14. The fourth-order valence-corrected chi connectivity index (χ4v) is 3.40. The van der Waals surface area contributed by atoms with Gasteiger partial charge < -0.3 is 10.6 Å². The van der Waals surface area contributed by atoms with E-state index in [0.717, 1.165) is 28.0 Å². The molecule has 1 aromatic carbocycles. The van der Waals surface area contributed by atoms with Crippen LogP contribution in [0.5, 0.6) is 0 Å². The standard InChI is InChI=1S/C18H15F3N6S/c1-10-8-14(27-26-10)24-16-15-13(6-7-28-15)23-17(25-16)22-9-11-2-4-12(5-3-11)18(19,20)21/h2-8H,9H2,1H3,(H3,22,23,24,25,26,27). The highest BCUT2D eigenvalue weighted by Crippen LogP contribution is 2.30. The minimum absolute atomic E-state index is 0.300. The van der Waals surface area contributed by atoms with Crippen molar-refractivity contribution < 1.29 is 13.2 Å². The van der Waals surface area contributed by atoms with Crippen LogP contribution in [0.4, 0.5) is 30.8 Å². The average Bonchev–Trinajstić information content (AvgIpc) is 3.28. The van der Waals surface area contributed by atoms with E-state index >= 15 is 0 Å². The van der Waals surface area contributed by atoms with Crippen molar-refractivity contribution in [2.45, 2.75) is 19.6 Å². The van der Waals surface area contributed by atoms with E-state index in [0.29, 0.717) is 29.7 Å². The lowest BCUT2D eigenvalue weighted by Crippen LogP contribution is -2.07. The molecule has 0 amide bonds. The van der Waals surface area contributed by atoms with Crippen LogP contribution in [-0.2, 0) is 12.7 Å². The van der Waals surface area contributed by atoms with Crippen LogP contribution in [-0.4, -0.2) is 20.2 Å². The molecule has 10 heteroatoms. The van der Waals surface area contributed by atoms with Gasteiger partial charge in [0.25, 0.3) is 0 Å². The summed E-state index contributed by atoms with van der Waals surface area (Å²) in [7, 11) is 0. The van der Waals surface area contributed by atoms with Gasteiger partial charge in [-0.25, -0.2) is 4.98 Å². The van der Waals surface area contributed by atoms with Gasteiger partial charge in [0.05, 0.1) is 15.8 Å². The second-order valence-corrected chi connectivity index (χ2v) is 7.06. The van der Waals surface area contributed by atoms with E-state index in [2.05, 4.69) is 30.8 Å². The summed E-state index contributed by atoms with van der Waals surface area (Å²) in [6, 6.07) is 8.73. The molecule has 0 fully saturated rings. The van der Waals surface area contributed by atoms with Gasteiger partial charge in [0, 0.05) is 18.3 Å². The van der Waals surface area contributed by atoms with E-state index in [1.54, 1.807) is 0 Å². The fraction of sp³-hybridized carbons (Fsp3) is 0.167. The van der Waals surface area contributed by atoms with Crippen molar-refractivity contribution >= 4 is 39.1 Å². The Bertz CT molecular complexity index is 1100. The van der Waals surface area contributed by atoms with Crippen LogP contribution in [0.1, 0.15) is 16.8 Å². The van der Waals surface area contributed by atoms with Crippen LogP contribution >= 0.6 is 11.3 Å². The highest BCUT2D eigenvalue weighted by molar-refractivity contribution is 7.17. The van der Waals surface area contributed by atoms with E-state index in [9.17, 15) is 13.2 Å². The molecular formula is C18H15F3N6S. The van der Waals surface area contributed by atoms with Crippen molar-refractivity contribution in [1.82, 2.24) is 20.2 Å². The molecule has 0 spiro atoms.